The van der Waals surface area contributed by atoms with Crippen LogP contribution in [0.15, 0.2) is 15.7 Å². The van der Waals surface area contributed by atoms with Crippen molar-refractivity contribution in [3.63, 3.8) is 0 Å². The van der Waals surface area contributed by atoms with Crippen molar-refractivity contribution in [3.8, 4) is 0 Å². The Bertz CT molecular complexity index is 1180. The Balaban J connectivity index is 1.73. The molecule has 0 radical (unpaired) electrons. The fourth-order valence-electron chi connectivity index (χ4n) is 4.57. The van der Waals surface area contributed by atoms with Crippen LogP contribution < -0.4 is 27.3 Å². The maximum atomic E-state index is 15.3. The Labute approximate surface area is 178 Å². The van der Waals surface area contributed by atoms with Gasteiger partial charge in [0.2, 0.25) is 0 Å². The van der Waals surface area contributed by atoms with Gasteiger partial charge in [-0.15, -0.1) is 0 Å². The van der Waals surface area contributed by atoms with Gasteiger partial charge in [-0.25, -0.2) is 14.0 Å². The molecule has 2 atom stereocenters. The molecule has 0 spiro atoms. The maximum absolute atomic E-state index is 15.3. The summed E-state index contributed by atoms with van der Waals surface area (Å²) >= 11 is 0. The van der Waals surface area contributed by atoms with Crippen LogP contribution in [0.1, 0.15) is 52.1 Å². The number of ether oxygens (including phenoxy) is 1. The van der Waals surface area contributed by atoms with E-state index in [1.54, 1.807) is 20.8 Å². The van der Waals surface area contributed by atoms with E-state index in [1.165, 1.54) is 10.6 Å². The van der Waals surface area contributed by atoms with E-state index in [2.05, 4.69) is 5.32 Å². The van der Waals surface area contributed by atoms with Crippen LogP contribution in [0.5, 0.6) is 0 Å². The number of benzene rings is 1. The predicted molar refractivity (Wildman–Crippen MR) is 116 cm³/mol. The molecule has 3 heterocycles. The Hall–Kier alpha value is -3.04. The second kappa shape index (κ2) is 7.28. The zero-order valence-corrected chi connectivity index (χ0v) is 18.2. The number of carbonyl (C=O) groups is 1. The highest BCUT2D eigenvalue weighted by atomic mass is 19.1. The highest BCUT2D eigenvalue weighted by Gasteiger charge is 2.33. The molecule has 1 aromatic heterocycles. The molecule has 1 saturated heterocycles. The number of carbonyl (C=O) groups excluding carboxylic acids is 1. The van der Waals surface area contributed by atoms with Gasteiger partial charge in [-0.2, -0.15) is 4.68 Å². The summed E-state index contributed by atoms with van der Waals surface area (Å²) in [4.78, 5) is 39.2. The molecule has 2 aromatic rings. The molecule has 1 fully saturated rings. The average Bonchev–Trinajstić information content (AvgIpc) is 3.10. The fourth-order valence-corrected chi connectivity index (χ4v) is 4.57. The summed E-state index contributed by atoms with van der Waals surface area (Å²) in [5.41, 5.74) is -0.434. The van der Waals surface area contributed by atoms with Crippen LogP contribution in [0.3, 0.4) is 0 Å². The van der Waals surface area contributed by atoms with Crippen molar-refractivity contribution in [2.75, 3.05) is 23.8 Å². The highest BCUT2D eigenvalue weighted by molar-refractivity contribution is 5.88. The van der Waals surface area contributed by atoms with Crippen LogP contribution in [-0.4, -0.2) is 40.1 Å². The topological polar surface area (TPSA) is 112 Å². The first kappa shape index (κ1) is 21.2. The normalized spacial score (nSPS) is 20.9. The first-order valence-corrected chi connectivity index (χ1v) is 10.5. The SMILES string of the molecule is C[C@H]1CCc2c(N3CCC(NC(=O)OC(C)(C)C)C3)c(F)cc3c(=O)n(N)c(=O)n1c23. The van der Waals surface area contributed by atoms with E-state index in [9.17, 15) is 14.4 Å². The van der Waals surface area contributed by atoms with Crippen molar-refractivity contribution in [2.24, 2.45) is 0 Å². The molecule has 9 nitrogen and oxygen atoms in total. The van der Waals surface area contributed by atoms with Crippen LogP contribution in [0, 0.1) is 5.82 Å². The van der Waals surface area contributed by atoms with Crippen LogP contribution in [0.25, 0.3) is 10.9 Å². The third-order valence-electron chi connectivity index (χ3n) is 5.90. The lowest BCUT2D eigenvalue weighted by Crippen LogP contribution is -2.46. The van der Waals surface area contributed by atoms with Crippen LogP contribution >= 0.6 is 0 Å². The van der Waals surface area contributed by atoms with Crippen molar-refractivity contribution >= 4 is 22.7 Å². The second-order valence-electron chi connectivity index (χ2n) is 9.37. The minimum atomic E-state index is -0.706. The zero-order valence-electron chi connectivity index (χ0n) is 18.2. The Kier molecular flexibility index (Phi) is 4.98. The zero-order chi connectivity index (χ0) is 22.7. The summed E-state index contributed by atoms with van der Waals surface area (Å²) in [6.45, 7) is 8.19. The molecule has 0 aliphatic carbocycles. The first-order chi connectivity index (χ1) is 14.5. The molecule has 1 aromatic carbocycles. The van der Waals surface area contributed by atoms with E-state index >= 15 is 4.39 Å². The number of hydrogen-bond acceptors (Lipinski definition) is 6. The molecule has 0 saturated carbocycles. The number of halogens is 1. The fraction of sp³-hybridized carbons (Fsp3) is 0.571. The van der Waals surface area contributed by atoms with Gasteiger partial charge in [0.05, 0.1) is 22.6 Å². The standard InChI is InChI=1S/C21H28FN5O4/c1-11-5-6-13-16-14(18(28)27(23)20(30)26(11)16)9-15(22)17(13)25-8-7-12(10-25)24-19(29)31-21(2,3)4/h9,11-12H,5-8,10,23H2,1-4H3,(H,24,29)/t11-,12?/m0/s1. The second-order valence-corrected chi connectivity index (χ2v) is 9.37. The van der Waals surface area contributed by atoms with Gasteiger partial charge in [-0.1, -0.05) is 0 Å². The van der Waals surface area contributed by atoms with Crippen molar-refractivity contribution in [1.82, 2.24) is 14.6 Å². The van der Waals surface area contributed by atoms with Crippen molar-refractivity contribution in [3.05, 3.63) is 38.3 Å². The molecule has 168 valence electrons. The van der Waals surface area contributed by atoms with Gasteiger partial charge in [0.25, 0.3) is 5.56 Å². The number of rotatable bonds is 2. The van der Waals surface area contributed by atoms with E-state index in [0.29, 0.717) is 53.8 Å². The summed E-state index contributed by atoms with van der Waals surface area (Å²) in [6.07, 6.45) is 1.29. The van der Waals surface area contributed by atoms with Gasteiger partial charge in [0, 0.05) is 24.7 Å². The monoisotopic (exact) mass is 433 g/mol. The summed E-state index contributed by atoms with van der Waals surface area (Å²) in [5, 5.41) is 2.94. The predicted octanol–water partition coefficient (Wildman–Crippen LogP) is 1.63. The van der Waals surface area contributed by atoms with E-state index in [4.69, 9.17) is 10.6 Å². The molecule has 1 unspecified atom stereocenters. The third kappa shape index (κ3) is 3.64. The molecule has 2 aliphatic rings. The van der Waals surface area contributed by atoms with Gasteiger partial charge in [-0.3, -0.25) is 9.36 Å². The summed E-state index contributed by atoms with van der Waals surface area (Å²) in [7, 11) is 0. The van der Waals surface area contributed by atoms with Crippen molar-refractivity contribution in [2.45, 2.75) is 64.6 Å². The van der Waals surface area contributed by atoms with E-state index < -0.39 is 28.8 Å². The molecule has 2 aliphatic heterocycles. The molecule has 3 N–H and O–H groups in total. The highest BCUT2D eigenvalue weighted by Crippen LogP contribution is 2.38. The van der Waals surface area contributed by atoms with Crippen LogP contribution in [-0.2, 0) is 11.2 Å². The van der Waals surface area contributed by atoms with E-state index in [-0.39, 0.29) is 17.5 Å². The van der Waals surface area contributed by atoms with Gasteiger partial charge in [-0.05, 0) is 53.0 Å². The van der Waals surface area contributed by atoms with Crippen LogP contribution in [0.2, 0.25) is 0 Å². The Morgan fingerprint density at radius 1 is 1.29 bits per heavy atom. The summed E-state index contributed by atoms with van der Waals surface area (Å²) in [5.74, 6) is 5.13. The maximum Gasteiger partial charge on any atom is 0.407 e. The lowest BCUT2D eigenvalue weighted by atomic mass is 9.95. The van der Waals surface area contributed by atoms with Gasteiger partial charge < -0.3 is 20.8 Å². The number of nitrogen functional groups attached to an aromatic ring is 1. The lowest BCUT2D eigenvalue weighted by Gasteiger charge is -2.30. The van der Waals surface area contributed by atoms with Crippen LogP contribution in [0.4, 0.5) is 14.9 Å². The van der Waals surface area contributed by atoms with E-state index in [1.807, 2.05) is 11.8 Å². The Morgan fingerprint density at radius 2 is 2.00 bits per heavy atom. The minimum Gasteiger partial charge on any atom is -0.444 e. The number of nitrogens with zero attached hydrogens (tertiary/aromatic N) is 3. The number of alkyl carbamates (subject to hydrolysis) is 1. The minimum absolute atomic E-state index is 0.104. The first-order valence-electron chi connectivity index (χ1n) is 10.5. The van der Waals surface area contributed by atoms with Crippen molar-refractivity contribution < 1.29 is 13.9 Å². The Morgan fingerprint density at radius 3 is 2.68 bits per heavy atom. The lowest BCUT2D eigenvalue weighted by molar-refractivity contribution is 0.0509. The molecule has 10 heteroatoms. The molecule has 31 heavy (non-hydrogen) atoms. The molecule has 4 rings (SSSR count). The number of anilines is 1. The van der Waals surface area contributed by atoms with Gasteiger partial charge in [0.1, 0.15) is 11.4 Å². The number of aromatic nitrogens is 2. The third-order valence-corrected chi connectivity index (χ3v) is 5.90. The number of amides is 1. The quantitative estimate of drug-likeness (QED) is 0.697. The van der Waals surface area contributed by atoms with Gasteiger partial charge >= 0.3 is 11.8 Å². The van der Waals surface area contributed by atoms with Gasteiger partial charge in [0.15, 0.2) is 0 Å². The number of aryl methyl sites for hydroxylation is 1. The van der Waals surface area contributed by atoms with Crippen molar-refractivity contribution in [1.29, 1.82) is 0 Å². The smallest absolute Gasteiger partial charge is 0.407 e. The molecule has 1 amide bonds. The van der Waals surface area contributed by atoms with E-state index in [0.717, 1.165) is 0 Å². The molecular weight excluding hydrogens is 405 g/mol. The summed E-state index contributed by atoms with van der Waals surface area (Å²) in [6, 6.07) is 0.818. The molecule has 0 bridgehead atoms. The average molecular weight is 433 g/mol. The largest absolute Gasteiger partial charge is 0.444 e. The molecular formula is C21H28FN5O4. The number of nitrogens with one attached hydrogen (secondary N) is 1. The number of nitrogens with two attached hydrogens (primary N) is 1. The number of hydrogen-bond donors (Lipinski definition) is 2. The summed E-state index contributed by atoms with van der Waals surface area (Å²) < 4.78 is 22.6.